The zero-order valence-electron chi connectivity index (χ0n) is 17.2. The number of halogens is 1. The van der Waals surface area contributed by atoms with Gasteiger partial charge in [-0.05, 0) is 48.7 Å². The molecule has 0 atom stereocenters. The van der Waals surface area contributed by atoms with E-state index in [9.17, 15) is 0 Å². The highest BCUT2D eigenvalue weighted by molar-refractivity contribution is 5.89. The minimum Gasteiger partial charge on any atom is -0.496 e. The zero-order chi connectivity index (χ0) is 20.4. The van der Waals surface area contributed by atoms with Gasteiger partial charge in [0.2, 0.25) is 0 Å². The minimum absolute atomic E-state index is 0.198. The number of methoxy groups -OCH3 is 1. The van der Waals surface area contributed by atoms with Crippen LogP contribution < -0.4 is 4.74 Å². The van der Waals surface area contributed by atoms with Crippen molar-refractivity contribution in [3.8, 4) is 17.0 Å². The van der Waals surface area contributed by atoms with Crippen molar-refractivity contribution in [2.45, 2.75) is 33.2 Å². The lowest BCUT2D eigenvalue weighted by molar-refractivity contribution is 0.416. The Morgan fingerprint density at radius 2 is 1.66 bits per heavy atom. The van der Waals surface area contributed by atoms with Crippen LogP contribution in [0.3, 0.4) is 0 Å². The van der Waals surface area contributed by atoms with Crippen molar-refractivity contribution >= 4 is 10.9 Å². The summed E-state index contributed by atoms with van der Waals surface area (Å²) in [5, 5.41) is 0.647. The second kappa shape index (κ2) is 8.12. The van der Waals surface area contributed by atoms with Crippen LogP contribution in [0.5, 0.6) is 5.75 Å². The highest BCUT2D eigenvalue weighted by atomic mass is 19.1. The van der Waals surface area contributed by atoms with Gasteiger partial charge in [0.25, 0.3) is 0 Å². The molecule has 1 aromatic heterocycles. The average molecular weight is 387 g/mol. The molecule has 0 spiro atoms. The summed E-state index contributed by atoms with van der Waals surface area (Å²) in [6.07, 6.45) is 2.21. The number of hydrogen-bond donors (Lipinski definition) is 0. The van der Waals surface area contributed by atoms with Crippen molar-refractivity contribution in [2.24, 2.45) is 0 Å². The van der Waals surface area contributed by atoms with E-state index < -0.39 is 0 Å². The van der Waals surface area contributed by atoms with Gasteiger partial charge in [-0.25, -0.2) is 4.39 Å². The molecule has 3 heteroatoms. The van der Waals surface area contributed by atoms with Gasteiger partial charge >= 0.3 is 0 Å². The fraction of sp³-hybridized carbons (Fsp3) is 0.231. The largest absolute Gasteiger partial charge is 0.496 e. The van der Waals surface area contributed by atoms with Crippen molar-refractivity contribution in [1.29, 1.82) is 0 Å². The predicted octanol–water partition coefficient (Wildman–Crippen LogP) is 6.77. The topological polar surface area (TPSA) is 14.2 Å². The van der Waals surface area contributed by atoms with E-state index in [-0.39, 0.29) is 5.82 Å². The van der Waals surface area contributed by atoms with E-state index in [0.29, 0.717) is 23.4 Å². The average Bonchev–Trinajstić information content (AvgIpc) is 3.00. The Hall–Kier alpha value is -3.07. The van der Waals surface area contributed by atoms with Crippen molar-refractivity contribution in [1.82, 2.24) is 4.57 Å². The third-order valence-corrected chi connectivity index (χ3v) is 5.42. The molecule has 0 saturated heterocycles. The maximum atomic E-state index is 15.7. The van der Waals surface area contributed by atoms with Crippen LogP contribution in [-0.2, 0) is 13.0 Å². The fourth-order valence-corrected chi connectivity index (χ4v) is 3.98. The van der Waals surface area contributed by atoms with E-state index in [1.54, 1.807) is 7.11 Å². The number of para-hydroxylation sites is 1. The Morgan fingerprint density at radius 3 is 2.38 bits per heavy atom. The van der Waals surface area contributed by atoms with E-state index in [1.165, 1.54) is 5.56 Å². The normalized spacial score (nSPS) is 11.2. The molecule has 0 N–H and O–H groups in total. The van der Waals surface area contributed by atoms with E-state index >= 15 is 4.39 Å². The smallest absolute Gasteiger partial charge is 0.156 e. The van der Waals surface area contributed by atoms with Gasteiger partial charge in [0.05, 0.1) is 18.3 Å². The molecule has 3 aromatic carbocycles. The number of fused-ring (bicyclic) bond motifs is 1. The summed E-state index contributed by atoms with van der Waals surface area (Å²) >= 11 is 0. The third kappa shape index (κ3) is 3.65. The Kier molecular flexibility index (Phi) is 5.39. The van der Waals surface area contributed by atoms with E-state index in [0.717, 1.165) is 35.0 Å². The van der Waals surface area contributed by atoms with E-state index in [1.807, 2.05) is 49.4 Å². The first-order valence-electron chi connectivity index (χ1n) is 10.1. The summed E-state index contributed by atoms with van der Waals surface area (Å²) in [5.41, 5.74) is 5.76. The number of nitrogens with zero attached hydrogens (tertiary/aromatic N) is 1. The van der Waals surface area contributed by atoms with Crippen LogP contribution >= 0.6 is 0 Å². The predicted molar refractivity (Wildman–Crippen MR) is 118 cm³/mol. The van der Waals surface area contributed by atoms with E-state index in [4.69, 9.17) is 4.74 Å². The molecule has 2 nitrogen and oxygen atoms in total. The monoisotopic (exact) mass is 387 g/mol. The van der Waals surface area contributed by atoms with Gasteiger partial charge in [0, 0.05) is 17.5 Å². The van der Waals surface area contributed by atoms with Crippen LogP contribution in [-0.4, -0.2) is 11.7 Å². The molecule has 0 saturated carbocycles. The quantitative estimate of drug-likeness (QED) is 0.356. The summed E-state index contributed by atoms with van der Waals surface area (Å²) in [7, 11) is 1.63. The molecule has 0 bridgehead atoms. The maximum Gasteiger partial charge on any atom is 0.156 e. The molecule has 0 fully saturated rings. The molecule has 0 amide bonds. The van der Waals surface area contributed by atoms with Crippen LogP contribution in [0.1, 0.15) is 30.0 Å². The Morgan fingerprint density at radius 1 is 0.931 bits per heavy atom. The highest BCUT2D eigenvalue weighted by Gasteiger charge is 2.21. The maximum absolute atomic E-state index is 15.7. The number of hydrogen-bond acceptors (Lipinski definition) is 1. The lowest BCUT2D eigenvalue weighted by atomic mass is 10.1. The van der Waals surface area contributed by atoms with Crippen molar-refractivity contribution in [3.05, 3.63) is 89.2 Å². The molecule has 0 aliphatic carbocycles. The number of benzene rings is 3. The third-order valence-electron chi connectivity index (χ3n) is 5.42. The van der Waals surface area contributed by atoms with Crippen LogP contribution in [0.15, 0.2) is 66.7 Å². The van der Waals surface area contributed by atoms with E-state index in [2.05, 4.69) is 35.8 Å². The van der Waals surface area contributed by atoms with Gasteiger partial charge in [0.1, 0.15) is 5.75 Å². The van der Waals surface area contributed by atoms with Crippen molar-refractivity contribution < 1.29 is 9.13 Å². The summed E-state index contributed by atoms with van der Waals surface area (Å²) in [5.74, 6) is 0.473. The summed E-state index contributed by atoms with van der Waals surface area (Å²) in [6.45, 7) is 4.78. The lowest BCUT2D eigenvalue weighted by Crippen LogP contribution is -2.03. The molecule has 1 heterocycles. The number of aryl methyl sites for hydroxylation is 2. The van der Waals surface area contributed by atoms with Crippen molar-refractivity contribution in [3.63, 3.8) is 0 Å². The molecular formula is C26H26FNO. The molecule has 4 rings (SSSR count). The standard InChI is InChI=1S/C26H26FNO/c1-4-7-19-11-13-20(14-12-19)17-28-23-15-10-18(2)16-22(23)25(27)26(28)21-8-5-6-9-24(21)29-3/h5-6,8-16H,4,7,17H2,1-3H3. The van der Waals surface area contributed by atoms with Crippen LogP contribution in [0.25, 0.3) is 22.2 Å². The van der Waals surface area contributed by atoms with Gasteiger partial charge in [0.15, 0.2) is 5.82 Å². The lowest BCUT2D eigenvalue weighted by Gasteiger charge is -2.14. The van der Waals surface area contributed by atoms with Crippen LogP contribution in [0, 0.1) is 12.7 Å². The summed E-state index contributed by atoms with van der Waals surface area (Å²) in [6, 6.07) is 22.2. The van der Waals surface area contributed by atoms with Crippen LogP contribution in [0.2, 0.25) is 0 Å². The van der Waals surface area contributed by atoms with Gasteiger partial charge < -0.3 is 9.30 Å². The van der Waals surface area contributed by atoms with Gasteiger partial charge in [-0.15, -0.1) is 0 Å². The SMILES string of the molecule is CCCc1ccc(Cn2c(-c3ccccc3OC)c(F)c3cc(C)ccc32)cc1. The Labute approximate surface area is 171 Å². The molecule has 4 aromatic rings. The molecule has 148 valence electrons. The second-order valence-corrected chi connectivity index (χ2v) is 7.54. The summed E-state index contributed by atoms with van der Waals surface area (Å²) in [4.78, 5) is 0. The Bertz CT molecular complexity index is 1140. The van der Waals surface area contributed by atoms with Gasteiger partial charge in [-0.1, -0.05) is 61.4 Å². The fourth-order valence-electron chi connectivity index (χ4n) is 3.98. The summed E-state index contributed by atoms with van der Waals surface area (Å²) < 4.78 is 23.3. The highest BCUT2D eigenvalue weighted by Crippen LogP contribution is 2.38. The van der Waals surface area contributed by atoms with Gasteiger partial charge in [-0.3, -0.25) is 0 Å². The number of ether oxygens (including phenoxy) is 1. The Balaban J connectivity index is 1.89. The molecular weight excluding hydrogens is 361 g/mol. The number of rotatable bonds is 6. The molecule has 0 radical (unpaired) electrons. The second-order valence-electron chi connectivity index (χ2n) is 7.54. The number of aromatic nitrogens is 1. The minimum atomic E-state index is -0.198. The van der Waals surface area contributed by atoms with Crippen molar-refractivity contribution in [2.75, 3.05) is 7.11 Å². The molecule has 0 unspecified atom stereocenters. The first-order valence-corrected chi connectivity index (χ1v) is 10.1. The molecule has 0 aliphatic rings. The first kappa shape index (κ1) is 19.3. The zero-order valence-corrected chi connectivity index (χ0v) is 17.2. The van der Waals surface area contributed by atoms with Gasteiger partial charge in [-0.2, -0.15) is 0 Å². The molecule has 29 heavy (non-hydrogen) atoms. The molecule has 0 aliphatic heterocycles. The first-order chi connectivity index (χ1) is 14.1. The van der Waals surface area contributed by atoms with Crippen LogP contribution in [0.4, 0.5) is 4.39 Å².